The lowest BCUT2D eigenvalue weighted by molar-refractivity contribution is -0.131. The van der Waals surface area contributed by atoms with E-state index in [2.05, 4.69) is 0 Å². The molecule has 1 fully saturated rings. The molecule has 2 N–H and O–H groups in total. The van der Waals surface area contributed by atoms with Crippen LogP contribution in [0, 0.1) is 5.82 Å². The predicted octanol–water partition coefficient (Wildman–Crippen LogP) is 3.17. The van der Waals surface area contributed by atoms with Gasteiger partial charge in [0.15, 0.2) is 0 Å². The molecule has 0 unspecified atom stereocenters. The summed E-state index contributed by atoms with van der Waals surface area (Å²) in [5, 5.41) is 4.69. The second-order valence-corrected chi connectivity index (χ2v) is 7.18. The van der Waals surface area contributed by atoms with Crippen LogP contribution in [0.4, 0.5) is 4.39 Å². The molecule has 0 spiro atoms. The predicted molar refractivity (Wildman–Crippen MR) is 106 cm³/mol. The summed E-state index contributed by atoms with van der Waals surface area (Å²) < 4.78 is 15.1. The van der Waals surface area contributed by atoms with Crippen LogP contribution in [0.3, 0.4) is 0 Å². The SMILES string of the molecule is NC1CCN(C(=O)Cc2cn(-c3ccccc3)nc2-c2ccc(F)cc2)CC1. The number of rotatable bonds is 4. The van der Waals surface area contributed by atoms with Crippen molar-refractivity contribution in [1.29, 1.82) is 0 Å². The third-order valence-electron chi connectivity index (χ3n) is 5.16. The van der Waals surface area contributed by atoms with E-state index in [9.17, 15) is 9.18 Å². The minimum absolute atomic E-state index is 0.0721. The van der Waals surface area contributed by atoms with Crippen LogP contribution in [0.1, 0.15) is 18.4 Å². The molecule has 1 saturated heterocycles. The van der Waals surface area contributed by atoms with E-state index in [0.717, 1.165) is 29.7 Å². The van der Waals surface area contributed by atoms with Gasteiger partial charge in [0, 0.05) is 36.5 Å². The smallest absolute Gasteiger partial charge is 0.227 e. The first-order valence-electron chi connectivity index (χ1n) is 9.53. The van der Waals surface area contributed by atoms with Crippen molar-refractivity contribution in [2.24, 2.45) is 5.73 Å². The van der Waals surface area contributed by atoms with Gasteiger partial charge in [-0.15, -0.1) is 0 Å². The first-order valence-corrected chi connectivity index (χ1v) is 9.53. The number of halogens is 1. The molecule has 0 atom stereocenters. The van der Waals surface area contributed by atoms with E-state index in [0.29, 0.717) is 18.8 Å². The Morgan fingerprint density at radius 2 is 1.75 bits per heavy atom. The number of likely N-dealkylation sites (tertiary alicyclic amines) is 1. The second-order valence-electron chi connectivity index (χ2n) is 7.18. The number of hydrogen-bond donors (Lipinski definition) is 1. The van der Waals surface area contributed by atoms with E-state index < -0.39 is 0 Å². The largest absolute Gasteiger partial charge is 0.342 e. The maximum absolute atomic E-state index is 13.4. The fraction of sp³-hybridized carbons (Fsp3) is 0.273. The molecule has 0 aliphatic carbocycles. The van der Waals surface area contributed by atoms with Gasteiger partial charge in [0.2, 0.25) is 5.91 Å². The van der Waals surface area contributed by atoms with E-state index in [1.54, 1.807) is 16.8 Å². The summed E-state index contributed by atoms with van der Waals surface area (Å²) in [6.07, 6.45) is 3.82. The first-order chi connectivity index (χ1) is 13.6. The molecule has 1 aliphatic rings. The standard InChI is InChI=1S/C22H23FN4O/c23-18-8-6-16(7-9-18)22-17(14-21(28)26-12-10-19(24)11-13-26)15-27(25-22)20-4-2-1-3-5-20/h1-9,15,19H,10-14,24H2. The lowest BCUT2D eigenvalue weighted by Crippen LogP contribution is -2.43. The molecule has 6 heteroatoms. The average molecular weight is 378 g/mol. The van der Waals surface area contributed by atoms with Crippen molar-refractivity contribution in [2.45, 2.75) is 25.3 Å². The average Bonchev–Trinajstić information content (AvgIpc) is 3.13. The molecule has 0 bridgehead atoms. The molecule has 28 heavy (non-hydrogen) atoms. The monoisotopic (exact) mass is 378 g/mol. The Hall–Kier alpha value is -2.99. The lowest BCUT2D eigenvalue weighted by Gasteiger charge is -2.30. The van der Waals surface area contributed by atoms with Crippen LogP contribution in [-0.2, 0) is 11.2 Å². The molecule has 0 saturated carbocycles. The highest BCUT2D eigenvalue weighted by Gasteiger charge is 2.23. The first kappa shape index (κ1) is 18.4. The molecule has 3 aromatic rings. The van der Waals surface area contributed by atoms with Crippen LogP contribution in [-0.4, -0.2) is 39.7 Å². The van der Waals surface area contributed by atoms with Gasteiger partial charge in [-0.3, -0.25) is 4.79 Å². The van der Waals surface area contributed by atoms with Gasteiger partial charge >= 0.3 is 0 Å². The van der Waals surface area contributed by atoms with Gasteiger partial charge in [-0.2, -0.15) is 5.10 Å². The van der Waals surface area contributed by atoms with Crippen molar-refractivity contribution >= 4 is 5.91 Å². The molecular weight excluding hydrogens is 355 g/mol. The molecule has 0 radical (unpaired) electrons. The summed E-state index contributed by atoms with van der Waals surface area (Å²) in [7, 11) is 0. The molecule has 144 valence electrons. The van der Waals surface area contributed by atoms with Gasteiger partial charge in [0.05, 0.1) is 17.8 Å². The van der Waals surface area contributed by atoms with E-state index in [-0.39, 0.29) is 24.2 Å². The van der Waals surface area contributed by atoms with Crippen LogP contribution in [0.2, 0.25) is 0 Å². The number of nitrogens with two attached hydrogens (primary N) is 1. The number of carbonyl (C=O) groups excluding carboxylic acids is 1. The van der Waals surface area contributed by atoms with E-state index in [4.69, 9.17) is 10.8 Å². The minimum atomic E-state index is -0.298. The number of carbonyl (C=O) groups is 1. The molecule has 2 aromatic carbocycles. The second kappa shape index (κ2) is 7.94. The van der Waals surface area contributed by atoms with Crippen molar-refractivity contribution in [3.8, 4) is 16.9 Å². The number of hydrogen-bond acceptors (Lipinski definition) is 3. The third-order valence-corrected chi connectivity index (χ3v) is 5.16. The Bertz CT molecular complexity index is 944. The number of para-hydroxylation sites is 1. The topological polar surface area (TPSA) is 64.2 Å². The fourth-order valence-electron chi connectivity index (χ4n) is 3.53. The normalized spacial score (nSPS) is 15.0. The van der Waals surface area contributed by atoms with Crippen LogP contribution in [0.5, 0.6) is 0 Å². The van der Waals surface area contributed by atoms with Crippen molar-refractivity contribution < 1.29 is 9.18 Å². The summed E-state index contributed by atoms with van der Waals surface area (Å²) in [6.45, 7) is 1.39. The minimum Gasteiger partial charge on any atom is -0.342 e. The molecule has 1 amide bonds. The van der Waals surface area contributed by atoms with Gasteiger partial charge < -0.3 is 10.6 Å². The molecule has 5 nitrogen and oxygen atoms in total. The summed E-state index contributed by atoms with van der Waals surface area (Å²) in [5.41, 5.74) is 9.18. The van der Waals surface area contributed by atoms with E-state index >= 15 is 0 Å². The van der Waals surface area contributed by atoms with Gasteiger partial charge in [-0.05, 0) is 49.2 Å². The highest BCUT2D eigenvalue weighted by molar-refractivity contribution is 5.81. The number of aromatic nitrogens is 2. The van der Waals surface area contributed by atoms with Crippen molar-refractivity contribution in [3.63, 3.8) is 0 Å². The van der Waals surface area contributed by atoms with Gasteiger partial charge in [0.1, 0.15) is 5.82 Å². The number of nitrogens with zero attached hydrogens (tertiary/aromatic N) is 3. The van der Waals surface area contributed by atoms with Crippen LogP contribution in [0.15, 0.2) is 60.8 Å². The maximum Gasteiger partial charge on any atom is 0.227 e. The summed E-state index contributed by atoms with van der Waals surface area (Å²) in [4.78, 5) is 14.7. The van der Waals surface area contributed by atoms with Crippen LogP contribution < -0.4 is 5.73 Å². The Labute approximate surface area is 163 Å². The van der Waals surface area contributed by atoms with Crippen LogP contribution in [0.25, 0.3) is 16.9 Å². The van der Waals surface area contributed by atoms with Gasteiger partial charge in [-0.1, -0.05) is 18.2 Å². The molecule has 1 aromatic heterocycles. The quantitative estimate of drug-likeness (QED) is 0.758. The Morgan fingerprint density at radius 3 is 2.43 bits per heavy atom. The number of amides is 1. The molecule has 1 aliphatic heterocycles. The van der Waals surface area contributed by atoms with Crippen molar-refractivity contribution in [3.05, 3.63) is 72.2 Å². The van der Waals surface area contributed by atoms with Gasteiger partial charge in [-0.25, -0.2) is 9.07 Å². The fourth-order valence-corrected chi connectivity index (χ4v) is 3.53. The summed E-state index contributed by atoms with van der Waals surface area (Å²) >= 11 is 0. The van der Waals surface area contributed by atoms with Crippen molar-refractivity contribution in [2.75, 3.05) is 13.1 Å². The highest BCUT2D eigenvalue weighted by Crippen LogP contribution is 2.25. The Kier molecular flexibility index (Phi) is 5.21. The lowest BCUT2D eigenvalue weighted by atomic mass is 10.0. The van der Waals surface area contributed by atoms with E-state index in [1.807, 2.05) is 41.4 Å². The number of piperidine rings is 1. The maximum atomic E-state index is 13.4. The third kappa shape index (κ3) is 3.97. The number of benzene rings is 2. The zero-order valence-electron chi connectivity index (χ0n) is 15.6. The summed E-state index contributed by atoms with van der Waals surface area (Å²) in [5.74, 6) is -0.226. The molecule has 2 heterocycles. The summed E-state index contributed by atoms with van der Waals surface area (Å²) in [6, 6.07) is 16.1. The van der Waals surface area contributed by atoms with Gasteiger partial charge in [0.25, 0.3) is 0 Å². The van der Waals surface area contributed by atoms with E-state index in [1.165, 1.54) is 12.1 Å². The zero-order chi connectivity index (χ0) is 19.5. The Morgan fingerprint density at radius 1 is 1.07 bits per heavy atom. The van der Waals surface area contributed by atoms with Crippen molar-refractivity contribution in [1.82, 2.24) is 14.7 Å². The van der Waals surface area contributed by atoms with Crippen LogP contribution >= 0.6 is 0 Å². The zero-order valence-corrected chi connectivity index (χ0v) is 15.6. The highest BCUT2D eigenvalue weighted by atomic mass is 19.1. The molecular formula is C22H23FN4O. The Balaban J connectivity index is 1.65. The molecule has 4 rings (SSSR count).